The van der Waals surface area contributed by atoms with Crippen molar-refractivity contribution in [1.29, 1.82) is 0 Å². The molecule has 1 heterocycles. The third-order valence-corrected chi connectivity index (χ3v) is 3.61. The van der Waals surface area contributed by atoms with Gasteiger partial charge in [-0.25, -0.2) is 0 Å². The van der Waals surface area contributed by atoms with Crippen molar-refractivity contribution in [2.24, 2.45) is 0 Å². The molecule has 0 radical (unpaired) electrons. The topological polar surface area (TPSA) is 24.9 Å². The zero-order valence-corrected chi connectivity index (χ0v) is 12.7. The highest BCUT2D eigenvalue weighted by Crippen LogP contribution is 2.25. The quantitative estimate of drug-likeness (QED) is 0.855. The lowest BCUT2D eigenvalue weighted by Crippen LogP contribution is -2.24. The molecular weight excluding hydrogens is 244 g/mol. The largest absolute Gasteiger partial charge is 0.306 e. The van der Waals surface area contributed by atoms with Gasteiger partial charge in [0.2, 0.25) is 0 Å². The lowest BCUT2D eigenvalue weighted by Gasteiger charge is -2.22. The van der Waals surface area contributed by atoms with Gasteiger partial charge < -0.3 is 5.32 Å². The van der Waals surface area contributed by atoms with E-state index in [1.807, 2.05) is 13.1 Å². The van der Waals surface area contributed by atoms with Crippen LogP contribution in [0.25, 0.3) is 0 Å². The number of hydrogen-bond donors (Lipinski definition) is 1. The first-order valence-corrected chi connectivity index (χ1v) is 7.50. The third kappa shape index (κ3) is 3.45. The molecule has 0 bridgehead atoms. The summed E-state index contributed by atoms with van der Waals surface area (Å²) in [5.41, 5.74) is 5.08. The van der Waals surface area contributed by atoms with Crippen molar-refractivity contribution in [2.45, 2.75) is 39.7 Å². The smallest absolute Gasteiger partial charge is 0.0594 e. The average Bonchev–Trinajstić information content (AvgIpc) is 2.50. The minimum Gasteiger partial charge on any atom is -0.306 e. The highest BCUT2D eigenvalue weighted by molar-refractivity contribution is 5.37. The van der Waals surface area contributed by atoms with Crippen LogP contribution in [0.5, 0.6) is 0 Å². The van der Waals surface area contributed by atoms with Crippen LogP contribution in [0.3, 0.4) is 0 Å². The Morgan fingerprint density at radius 2 is 1.90 bits per heavy atom. The molecule has 1 N–H and O–H groups in total. The van der Waals surface area contributed by atoms with Crippen molar-refractivity contribution in [3.05, 3.63) is 65.0 Å². The van der Waals surface area contributed by atoms with Gasteiger partial charge in [0.05, 0.1) is 6.04 Å². The van der Waals surface area contributed by atoms with Crippen molar-refractivity contribution in [2.75, 3.05) is 6.54 Å². The number of pyridine rings is 1. The lowest BCUT2D eigenvalue weighted by molar-refractivity contribution is 0.593. The van der Waals surface area contributed by atoms with Gasteiger partial charge in [0.1, 0.15) is 0 Å². The van der Waals surface area contributed by atoms with Crippen molar-refractivity contribution >= 4 is 0 Å². The van der Waals surface area contributed by atoms with E-state index < -0.39 is 0 Å². The van der Waals surface area contributed by atoms with Gasteiger partial charge in [-0.2, -0.15) is 0 Å². The zero-order chi connectivity index (χ0) is 14.4. The molecule has 106 valence electrons. The van der Waals surface area contributed by atoms with Crippen LogP contribution in [0.15, 0.2) is 42.6 Å². The predicted molar refractivity (Wildman–Crippen MR) is 84.9 cm³/mol. The van der Waals surface area contributed by atoms with Gasteiger partial charge in [0.25, 0.3) is 0 Å². The summed E-state index contributed by atoms with van der Waals surface area (Å²) in [6, 6.07) is 13.2. The fourth-order valence-electron chi connectivity index (χ4n) is 2.48. The van der Waals surface area contributed by atoms with Gasteiger partial charge >= 0.3 is 0 Å². The summed E-state index contributed by atoms with van der Waals surface area (Å²) in [4.78, 5) is 4.45. The minimum atomic E-state index is 0.235. The van der Waals surface area contributed by atoms with Crippen LogP contribution in [-0.2, 0) is 6.42 Å². The van der Waals surface area contributed by atoms with Gasteiger partial charge in [-0.3, -0.25) is 4.98 Å². The number of benzene rings is 1. The van der Waals surface area contributed by atoms with E-state index in [0.29, 0.717) is 0 Å². The molecule has 1 unspecified atom stereocenters. The molecule has 0 aliphatic rings. The lowest BCUT2D eigenvalue weighted by atomic mass is 9.94. The van der Waals surface area contributed by atoms with E-state index in [9.17, 15) is 0 Å². The van der Waals surface area contributed by atoms with E-state index in [1.165, 1.54) is 16.7 Å². The predicted octanol–water partition coefficient (Wildman–Crippen LogP) is 4.04. The second-order valence-corrected chi connectivity index (χ2v) is 5.17. The van der Waals surface area contributed by atoms with Gasteiger partial charge in [0.15, 0.2) is 0 Å². The molecular formula is C18H24N2. The fourth-order valence-corrected chi connectivity index (χ4v) is 2.48. The normalized spacial score (nSPS) is 12.3. The van der Waals surface area contributed by atoms with Crippen LogP contribution in [0, 0.1) is 6.92 Å². The second kappa shape index (κ2) is 7.20. The molecule has 2 rings (SSSR count). The summed E-state index contributed by atoms with van der Waals surface area (Å²) in [6.07, 6.45) is 4.18. The summed E-state index contributed by atoms with van der Waals surface area (Å²) >= 11 is 0. The highest BCUT2D eigenvalue weighted by atomic mass is 14.9. The Morgan fingerprint density at radius 1 is 1.10 bits per heavy atom. The van der Waals surface area contributed by atoms with Crippen LogP contribution in [0.4, 0.5) is 0 Å². The maximum absolute atomic E-state index is 4.45. The fraction of sp³-hybridized carbons (Fsp3) is 0.389. The average molecular weight is 268 g/mol. The van der Waals surface area contributed by atoms with Crippen LogP contribution >= 0.6 is 0 Å². The maximum Gasteiger partial charge on any atom is 0.0594 e. The van der Waals surface area contributed by atoms with E-state index in [-0.39, 0.29) is 6.04 Å². The molecule has 0 saturated heterocycles. The molecule has 20 heavy (non-hydrogen) atoms. The van der Waals surface area contributed by atoms with Crippen molar-refractivity contribution < 1.29 is 0 Å². The first-order valence-electron chi connectivity index (χ1n) is 7.50. The number of nitrogens with one attached hydrogen (secondary N) is 1. The Kier molecular flexibility index (Phi) is 5.31. The van der Waals surface area contributed by atoms with E-state index in [4.69, 9.17) is 0 Å². The zero-order valence-electron chi connectivity index (χ0n) is 12.7. The Bertz CT molecular complexity index is 531. The molecule has 0 fully saturated rings. The van der Waals surface area contributed by atoms with Crippen LogP contribution in [0.2, 0.25) is 0 Å². The third-order valence-electron chi connectivity index (χ3n) is 3.61. The monoisotopic (exact) mass is 268 g/mol. The molecule has 1 atom stereocenters. The molecule has 1 aromatic heterocycles. The SMILES string of the molecule is CCCNC(c1ccc(C)nc1)c1ccccc1CC. The van der Waals surface area contributed by atoms with Crippen LogP contribution < -0.4 is 5.32 Å². The maximum atomic E-state index is 4.45. The summed E-state index contributed by atoms with van der Waals surface area (Å²) < 4.78 is 0. The number of aromatic nitrogens is 1. The number of hydrogen-bond acceptors (Lipinski definition) is 2. The minimum absolute atomic E-state index is 0.235. The Balaban J connectivity index is 2.38. The molecule has 0 spiro atoms. The standard InChI is InChI=1S/C18H24N2/c1-4-12-19-18(16-11-10-14(3)20-13-16)17-9-7-6-8-15(17)5-2/h6-11,13,18-19H,4-5,12H2,1-3H3. The molecule has 0 amide bonds. The van der Waals surface area contributed by atoms with Gasteiger partial charge in [-0.1, -0.05) is 44.2 Å². The van der Waals surface area contributed by atoms with Gasteiger partial charge in [-0.15, -0.1) is 0 Å². The van der Waals surface area contributed by atoms with Crippen molar-refractivity contribution in [3.63, 3.8) is 0 Å². The van der Waals surface area contributed by atoms with Gasteiger partial charge in [0, 0.05) is 11.9 Å². The van der Waals surface area contributed by atoms with Crippen LogP contribution in [-0.4, -0.2) is 11.5 Å². The molecule has 2 aromatic rings. The summed E-state index contributed by atoms with van der Waals surface area (Å²) in [7, 11) is 0. The summed E-state index contributed by atoms with van der Waals surface area (Å²) in [6.45, 7) is 7.45. The van der Waals surface area contributed by atoms with E-state index in [2.05, 4.69) is 60.5 Å². The van der Waals surface area contributed by atoms with Crippen LogP contribution in [0.1, 0.15) is 48.7 Å². The molecule has 2 heteroatoms. The van der Waals surface area contributed by atoms with E-state index in [1.54, 1.807) is 0 Å². The Morgan fingerprint density at radius 3 is 2.55 bits per heavy atom. The van der Waals surface area contributed by atoms with Crippen molar-refractivity contribution in [3.8, 4) is 0 Å². The molecule has 0 saturated carbocycles. The second-order valence-electron chi connectivity index (χ2n) is 5.17. The van der Waals surface area contributed by atoms with E-state index >= 15 is 0 Å². The molecule has 2 nitrogen and oxygen atoms in total. The molecule has 0 aliphatic heterocycles. The van der Waals surface area contributed by atoms with Crippen molar-refractivity contribution in [1.82, 2.24) is 10.3 Å². The Labute approximate surface area is 122 Å². The van der Waals surface area contributed by atoms with E-state index in [0.717, 1.165) is 25.1 Å². The van der Waals surface area contributed by atoms with Gasteiger partial charge in [-0.05, 0) is 49.1 Å². The molecule has 0 aliphatic carbocycles. The highest BCUT2D eigenvalue weighted by Gasteiger charge is 2.16. The number of aryl methyl sites for hydroxylation is 2. The summed E-state index contributed by atoms with van der Waals surface area (Å²) in [5.74, 6) is 0. The first kappa shape index (κ1) is 14.7. The number of rotatable bonds is 6. The number of nitrogens with zero attached hydrogens (tertiary/aromatic N) is 1. The Hall–Kier alpha value is -1.67. The summed E-state index contributed by atoms with van der Waals surface area (Å²) in [5, 5.41) is 3.66. The first-order chi connectivity index (χ1) is 9.76. The molecule has 1 aromatic carbocycles.